The van der Waals surface area contributed by atoms with Crippen LogP contribution in [0.4, 0.5) is 17.6 Å². The fourth-order valence-electron chi connectivity index (χ4n) is 2.75. The summed E-state index contributed by atoms with van der Waals surface area (Å²) in [6, 6.07) is 3.18. The van der Waals surface area contributed by atoms with Gasteiger partial charge in [-0.3, -0.25) is 9.69 Å². The molecule has 1 aromatic carbocycles. The molecule has 1 saturated heterocycles. The van der Waals surface area contributed by atoms with Gasteiger partial charge in [0.05, 0.1) is 19.1 Å². The summed E-state index contributed by atoms with van der Waals surface area (Å²) in [7, 11) is 0. The van der Waals surface area contributed by atoms with E-state index in [0.717, 1.165) is 12.1 Å². The Morgan fingerprint density at radius 1 is 1.28 bits per heavy atom. The minimum atomic E-state index is -4.97. The Labute approximate surface area is 143 Å². The Bertz CT molecular complexity index is 598. The van der Waals surface area contributed by atoms with Crippen molar-refractivity contribution in [3.05, 3.63) is 29.6 Å². The lowest BCUT2D eigenvalue weighted by Gasteiger charge is -2.30. The number of alkyl halides is 3. The van der Waals surface area contributed by atoms with Gasteiger partial charge in [0, 0.05) is 25.6 Å². The molecule has 1 aromatic rings. The molecule has 0 unspecified atom stereocenters. The molecule has 0 radical (unpaired) electrons. The lowest BCUT2D eigenvalue weighted by atomic mass is 9.88. The van der Waals surface area contributed by atoms with Crippen LogP contribution in [0.2, 0.25) is 0 Å². The van der Waals surface area contributed by atoms with Crippen LogP contribution in [0, 0.1) is 11.7 Å². The lowest BCUT2D eigenvalue weighted by Crippen LogP contribution is -2.41. The van der Waals surface area contributed by atoms with Crippen molar-refractivity contribution in [1.82, 2.24) is 4.90 Å². The van der Waals surface area contributed by atoms with Crippen LogP contribution in [0.25, 0.3) is 0 Å². The number of nitrogens with zero attached hydrogens (tertiary/aromatic N) is 1. The van der Waals surface area contributed by atoms with Crippen LogP contribution < -0.4 is 4.74 Å². The van der Waals surface area contributed by atoms with E-state index in [0.29, 0.717) is 38.4 Å². The summed E-state index contributed by atoms with van der Waals surface area (Å²) in [6.07, 6.45) is -4.97. The maximum atomic E-state index is 14.0. The Morgan fingerprint density at radius 2 is 1.92 bits per heavy atom. The number of morpholine rings is 1. The van der Waals surface area contributed by atoms with Crippen LogP contribution >= 0.6 is 0 Å². The van der Waals surface area contributed by atoms with E-state index in [1.807, 2.05) is 4.90 Å². The first kappa shape index (κ1) is 19.7. The molecule has 1 aliphatic heterocycles. The zero-order chi connectivity index (χ0) is 18.6. The quantitative estimate of drug-likeness (QED) is 0.727. The van der Waals surface area contributed by atoms with E-state index in [-0.39, 0.29) is 11.7 Å². The number of carbonyl (C=O) groups excluding carboxylic acids is 1. The van der Waals surface area contributed by atoms with Crippen LogP contribution in [0.3, 0.4) is 0 Å². The molecule has 140 valence electrons. The number of ether oxygens (including phenoxy) is 2. The molecule has 1 heterocycles. The van der Waals surface area contributed by atoms with E-state index in [4.69, 9.17) is 4.74 Å². The fourth-order valence-corrected chi connectivity index (χ4v) is 2.75. The summed E-state index contributed by atoms with van der Waals surface area (Å²) in [5.41, 5.74) is 0.345. The third-order valence-corrected chi connectivity index (χ3v) is 4.04. The van der Waals surface area contributed by atoms with E-state index < -0.39 is 23.8 Å². The van der Waals surface area contributed by atoms with E-state index in [1.54, 1.807) is 13.8 Å². The first-order chi connectivity index (χ1) is 11.7. The molecule has 0 bridgehead atoms. The number of ketones is 1. The molecule has 2 rings (SSSR count). The smallest absolute Gasteiger partial charge is 0.403 e. The highest BCUT2D eigenvalue weighted by atomic mass is 19.4. The van der Waals surface area contributed by atoms with Crippen molar-refractivity contribution in [2.24, 2.45) is 5.92 Å². The maximum Gasteiger partial charge on any atom is 0.573 e. The molecule has 0 amide bonds. The molecule has 0 aromatic heterocycles. The molecule has 1 aliphatic rings. The third-order valence-electron chi connectivity index (χ3n) is 4.04. The predicted molar refractivity (Wildman–Crippen MR) is 82.9 cm³/mol. The maximum absolute atomic E-state index is 14.0. The van der Waals surface area contributed by atoms with Crippen molar-refractivity contribution in [3.8, 4) is 5.75 Å². The van der Waals surface area contributed by atoms with E-state index in [1.165, 1.54) is 6.07 Å². The number of Topliss-reactive ketones (excluding diaryl/α,β-unsaturated/α-hetero) is 1. The molecule has 4 nitrogen and oxygen atoms in total. The Balaban J connectivity index is 2.23. The molecule has 0 N–H and O–H groups in total. The highest BCUT2D eigenvalue weighted by Gasteiger charge is 2.33. The average molecular weight is 363 g/mol. The van der Waals surface area contributed by atoms with Crippen molar-refractivity contribution in [2.45, 2.75) is 26.1 Å². The van der Waals surface area contributed by atoms with Gasteiger partial charge in [0.1, 0.15) is 5.78 Å². The molecular weight excluding hydrogens is 342 g/mol. The highest BCUT2D eigenvalue weighted by molar-refractivity contribution is 5.87. The van der Waals surface area contributed by atoms with Gasteiger partial charge >= 0.3 is 6.36 Å². The predicted octanol–water partition coefficient (Wildman–Crippen LogP) is 3.37. The van der Waals surface area contributed by atoms with Crippen molar-refractivity contribution >= 4 is 5.78 Å². The summed E-state index contributed by atoms with van der Waals surface area (Å²) in [5, 5.41) is 0. The molecule has 25 heavy (non-hydrogen) atoms. The van der Waals surface area contributed by atoms with Gasteiger partial charge in [0.2, 0.25) is 0 Å². The van der Waals surface area contributed by atoms with Crippen LogP contribution in [0.1, 0.15) is 25.3 Å². The number of halogens is 4. The van der Waals surface area contributed by atoms with Crippen molar-refractivity contribution in [3.63, 3.8) is 0 Å². The van der Waals surface area contributed by atoms with Gasteiger partial charge in [0.15, 0.2) is 11.6 Å². The van der Waals surface area contributed by atoms with Gasteiger partial charge in [-0.05, 0) is 17.7 Å². The highest BCUT2D eigenvalue weighted by Crippen LogP contribution is 2.30. The number of hydrogen-bond acceptors (Lipinski definition) is 4. The van der Waals surface area contributed by atoms with Gasteiger partial charge < -0.3 is 9.47 Å². The Hall–Kier alpha value is -1.67. The van der Waals surface area contributed by atoms with Crippen molar-refractivity contribution in [1.29, 1.82) is 0 Å². The average Bonchev–Trinajstić information content (AvgIpc) is 2.53. The van der Waals surface area contributed by atoms with E-state index in [9.17, 15) is 22.4 Å². The Morgan fingerprint density at radius 3 is 2.44 bits per heavy atom. The molecule has 1 fully saturated rings. The second kappa shape index (κ2) is 8.14. The molecule has 0 spiro atoms. The van der Waals surface area contributed by atoms with Crippen LogP contribution in [-0.4, -0.2) is 49.9 Å². The Kier molecular flexibility index (Phi) is 6.40. The van der Waals surface area contributed by atoms with Crippen molar-refractivity contribution < 1.29 is 31.8 Å². The minimum Gasteiger partial charge on any atom is -0.403 e. The molecule has 0 saturated carbocycles. The fraction of sp³-hybridized carbons (Fsp3) is 0.588. The lowest BCUT2D eigenvalue weighted by molar-refractivity contribution is -0.275. The van der Waals surface area contributed by atoms with E-state index in [2.05, 4.69) is 4.74 Å². The molecular formula is C17H21F4NO3. The first-order valence-electron chi connectivity index (χ1n) is 8.06. The number of benzene rings is 1. The normalized spacial score (nSPS) is 17.6. The van der Waals surface area contributed by atoms with Gasteiger partial charge in [-0.15, -0.1) is 13.2 Å². The minimum absolute atomic E-state index is 0.0876. The summed E-state index contributed by atoms with van der Waals surface area (Å²) < 4.78 is 59.7. The summed E-state index contributed by atoms with van der Waals surface area (Å²) in [4.78, 5) is 14.6. The van der Waals surface area contributed by atoms with Gasteiger partial charge in [-0.2, -0.15) is 0 Å². The third kappa shape index (κ3) is 5.67. The molecule has 1 atom stereocenters. The van der Waals surface area contributed by atoms with Crippen LogP contribution in [-0.2, 0) is 9.53 Å². The van der Waals surface area contributed by atoms with Gasteiger partial charge in [0.25, 0.3) is 0 Å². The van der Waals surface area contributed by atoms with Gasteiger partial charge in [-0.25, -0.2) is 4.39 Å². The number of hydrogen-bond donors (Lipinski definition) is 0. The second-order valence-electron chi connectivity index (χ2n) is 6.26. The molecule has 0 aliphatic carbocycles. The topological polar surface area (TPSA) is 38.8 Å². The van der Waals surface area contributed by atoms with Crippen LogP contribution in [0.15, 0.2) is 18.2 Å². The first-order valence-corrected chi connectivity index (χ1v) is 8.06. The monoisotopic (exact) mass is 363 g/mol. The number of rotatable bonds is 6. The van der Waals surface area contributed by atoms with Crippen molar-refractivity contribution in [2.75, 3.05) is 32.8 Å². The SMILES string of the molecule is CC(C)C(=O)[C@@H](CN1CCOCC1)c1ccc(OC(F)(F)F)c(F)c1. The zero-order valence-corrected chi connectivity index (χ0v) is 14.1. The summed E-state index contributed by atoms with van der Waals surface area (Å²) in [5.74, 6) is -3.03. The van der Waals surface area contributed by atoms with Crippen LogP contribution in [0.5, 0.6) is 5.75 Å². The molecule has 8 heteroatoms. The second-order valence-corrected chi connectivity index (χ2v) is 6.26. The zero-order valence-electron chi connectivity index (χ0n) is 14.1. The van der Waals surface area contributed by atoms with Gasteiger partial charge in [-0.1, -0.05) is 19.9 Å². The summed E-state index contributed by atoms with van der Waals surface area (Å²) in [6.45, 7) is 6.27. The standard InChI is InChI=1S/C17H21F4NO3/c1-11(2)16(23)13(10-22-5-7-24-8-6-22)12-3-4-15(14(18)9-12)25-17(19,20)21/h3-4,9,11,13H,5-8,10H2,1-2H3/t13-/m0/s1. The number of carbonyl (C=O) groups is 1. The summed E-state index contributed by atoms with van der Waals surface area (Å²) >= 11 is 0. The van der Waals surface area contributed by atoms with E-state index >= 15 is 0 Å². The largest absolute Gasteiger partial charge is 0.573 e.